The van der Waals surface area contributed by atoms with Crippen LogP contribution in [-0.2, 0) is 4.79 Å². The van der Waals surface area contributed by atoms with Gasteiger partial charge in [0.25, 0.3) is 0 Å². The molecule has 138 valence electrons. The van der Waals surface area contributed by atoms with Gasteiger partial charge in [0.05, 0.1) is 11.5 Å². The molecule has 5 fully saturated rings. The minimum absolute atomic E-state index is 0.0366. The predicted molar refractivity (Wildman–Crippen MR) is 99.8 cm³/mol. The summed E-state index contributed by atoms with van der Waals surface area (Å²) in [6, 6.07) is 2.94. The molecule has 0 aromatic heterocycles. The average Bonchev–Trinajstić information content (AvgIpc) is 3.57. The van der Waals surface area contributed by atoms with Crippen molar-refractivity contribution >= 4 is 5.78 Å². The van der Waals surface area contributed by atoms with E-state index in [1.54, 1.807) is 5.57 Å². The molecule has 0 radical (unpaired) electrons. The highest BCUT2D eigenvalue weighted by Crippen LogP contribution is 2.82. The summed E-state index contributed by atoms with van der Waals surface area (Å²) in [5, 5.41) is 10.3. The number of carbonyl (C=O) groups is 1. The number of nitrogens with zero attached hydrogens (tertiary/aromatic N) is 1. The molecule has 26 heavy (non-hydrogen) atoms. The summed E-state index contributed by atoms with van der Waals surface area (Å²) in [4.78, 5) is 12.0. The first-order valence-corrected chi connectivity index (χ1v) is 11.3. The number of hydrogen-bond acceptors (Lipinski definition) is 2. The van der Waals surface area contributed by atoms with E-state index in [2.05, 4.69) is 26.0 Å². The van der Waals surface area contributed by atoms with E-state index in [9.17, 15) is 10.1 Å². The van der Waals surface area contributed by atoms with Gasteiger partial charge in [-0.25, -0.2) is 0 Å². The van der Waals surface area contributed by atoms with Crippen LogP contribution in [0.2, 0.25) is 0 Å². The largest absolute Gasteiger partial charge is 0.295 e. The van der Waals surface area contributed by atoms with Crippen molar-refractivity contribution in [1.82, 2.24) is 0 Å². The quantitative estimate of drug-likeness (QED) is 0.692. The summed E-state index contributed by atoms with van der Waals surface area (Å²) in [5.74, 6) is 6.69. The molecule has 0 amide bonds. The summed E-state index contributed by atoms with van der Waals surface area (Å²) >= 11 is 0. The Bertz CT molecular complexity index is 761. The third kappa shape index (κ3) is 1.56. The van der Waals surface area contributed by atoms with Gasteiger partial charge in [-0.2, -0.15) is 5.26 Å². The van der Waals surface area contributed by atoms with Gasteiger partial charge in [0.15, 0.2) is 5.78 Å². The minimum Gasteiger partial charge on any atom is -0.295 e. The molecule has 6 aliphatic rings. The zero-order chi connectivity index (χ0) is 17.8. The topological polar surface area (TPSA) is 40.9 Å². The Hall–Kier alpha value is -1.10. The van der Waals surface area contributed by atoms with Crippen molar-refractivity contribution in [2.45, 2.75) is 65.2 Å². The van der Waals surface area contributed by atoms with Crippen molar-refractivity contribution < 1.29 is 4.79 Å². The predicted octanol–water partition coefficient (Wildman–Crippen LogP) is 5.15. The Morgan fingerprint density at radius 3 is 2.69 bits per heavy atom. The number of carbonyl (C=O) groups excluding carboxylic acids is 1. The normalized spacial score (nSPS) is 58.3. The van der Waals surface area contributed by atoms with Crippen LogP contribution in [0.3, 0.4) is 0 Å². The van der Waals surface area contributed by atoms with Crippen LogP contribution in [0.5, 0.6) is 0 Å². The number of allylic oxidation sites excluding steroid dienone is 1. The van der Waals surface area contributed by atoms with Crippen LogP contribution >= 0.6 is 0 Å². The van der Waals surface area contributed by atoms with Crippen LogP contribution in [0.15, 0.2) is 11.6 Å². The lowest BCUT2D eigenvalue weighted by atomic mass is 9.45. The van der Waals surface area contributed by atoms with Crippen LogP contribution in [0, 0.1) is 69.5 Å². The van der Waals surface area contributed by atoms with Crippen molar-refractivity contribution in [2.24, 2.45) is 58.2 Å². The van der Waals surface area contributed by atoms with Gasteiger partial charge >= 0.3 is 0 Å². The molecule has 0 aromatic carbocycles. The molecule has 5 saturated carbocycles. The molecular formula is C24H31NO. The van der Waals surface area contributed by atoms with Crippen LogP contribution in [0.1, 0.15) is 65.2 Å². The van der Waals surface area contributed by atoms with Gasteiger partial charge in [-0.15, -0.1) is 0 Å². The van der Waals surface area contributed by atoms with E-state index < -0.39 is 0 Å². The van der Waals surface area contributed by atoms with Gasteiger partial charge in [0.2, 0.25) is 0 Å². The van der Waals surface area contributed by atoms with Crippen molar-refractivity contribution in [1.29, 1.82) is 5.26 Å². The summed E-state index contributed by atoms with van der Waals surface area (Å²) in [5.41, 5.74) is 1.82. The molecule has 6 aliphatic carbocycles. The van der Waals surface area contributed by atoms with Crippen LogP contribution < -0.4 is 0 Å². The fourth-order valence-electron chi connectivity index (χ4n) is 9.55. The number of nitriles is 1. The maximum absolute atomic E-state index is 12.0. The summed E-state index contributed by atoms with van der Waals surface area (Å²) in [6.45, 7) is 4.68. The molecule has 0 heterocycles. The molecule has 0 bridgehead atoms. The van der Waals surface area contributed by atoms with Gasteiger partial charge in [-0.3, -0.25) is 4.79 Å². The van der Waals surface area contributed by atoms with E-state index in [4.69, 9.17) is 0 Å². The molecule has 6 rings (SSSR count). The fourth-order valence-corrected chi connectivity index (χ4v) is 9.55. The second-order valence-electron chi connectivity index (χ2n) is 10.5. The van der Waals surface area contributed by atoms with Crippen LogP contribution in [0.4, 0.5) is 0 Å². The monoisotopic (exact) mass is 349 g/mol. The zero-order valence-electron chi connectivity index (χ0n) is 16.2. The van der Waals surface area contributed by atoms with Gasteiger partial charge < -0.3 is 0 Å². The Morgan fingerprint density at radius 2 is 1.96 bits per heavy atom. The molecule has 0 aliphatic heterocycles. The molecule has 0 saturated heterocycles. The van der Waals surface area contributed by atoms with E-state index in [-0.39, 0.29) is 5.41 Å². The lowest BCUT2D eigenvalue weighted by Crippen LogP contribution is -2.53. The second-order valence-corrected chi connectivity index (χ2v) is 10.5. The molecule has 0 spiro atoms. The van der Waals surface area contributed by atoms with Crippen molar-refractivity contribution in [3.63, 3.8) is 0 Å². The van der Waals surface area contributed by atoms with E-state index in [1.807, 2.05) is 0 Å². The third-order valence-corrected chi connectivity index (χ3v) is 10.4. The fraction of sp³-hybridized carbons (Fsp3) is 0.833. The number of rotatable bonds is 2. The van der Waals surface area contributed by atoms with Crippen LogP contribution in [0.25, 0.3) is 0 Å². The Kier molecular flexibility index (Phi) is 2.96. The van der Waals surface area contributed by atoms with Crippen molar-refractivity contribution in [3.8, 4) is 6.07 Å². The minimum atomic E-state index is -0.0366. The Balaban J connectivity index is 1.45. The number of ketones is 1. The highest BCUT2D eigenvalue weighted by atomic mass is 16.1. The summed E-state index contributed by atoms with van der Waals surface area (Å²) in [6.07, 6.45) is 11.5. The maximum atomic E-state index is 12.0. The lowest BCUT2D eigenvalue weighted by molar-refractivity contribution is -0.116. The smallest absolute Gasteiger partial charge is 0.155 e. The van der Waals surface area contributed by atoms with Gasteiger partial charge in [0.1, 0.15) is 0 Å². The van der Waals surface area contributed by atoms with Crippen molar-refractivity contribution in [3.05, 3.63) is 11.6 Å². The number of fused-ring (bicyclic) bond motifs is 10. The standard InChI is InChI=1S/C24H31NO/c1-3-23-8-7-15-14-6-5-13(26)9-16(14)17-10-18(17)21(15)22(23)19-11-20(19)24(23,4-2)12-25/h9,14-15,17-22H,3-8,10-11H2,1-2H3/t14-,15-,17-,18-,19-,20+,21+,22+,23+,24?/m1/s1. The molecule has 0 aromatic rings. The maximum Gasteiger partial charge on any atom is 0.155 e. The van der Waals surface area contributed by atoms with Gasteiger partial charge in [0, 0.05) is 6.42 Å². The van der Waals surface area contributed by atoms with Gasteiger partial charge in [-0.1, -0.05) is 19.4 Å². The number of hydrogen-bond donors (Lipinski definition) is 0. The second kappa shape index (κ2) is 4.84. The first-order chi connectivity index (χ1) is 12.6. The van der Waals surface area contributed by atoms with E-state index in [1.165, 1.54) is 32.1 Å². The third-order valence-electron chi connectivity index (χ3n) is 10.4. The van der Waals surface area contributed by atoms with E-state index in [0.29, 0.717) is 23.0 Å². The average molecular weight is 350 g/mol. The van der Waals surface area contributed by atoms with E-state index in [0.717, 1.165) is 54.8 Å². The van der Waals surface area contributed by atoms with Crippen LogP contribution in [-0.4, -0.2) is 5.78 Å². The van der Waals surface area contributed by atoms with Crippen molar-refractivity contribution in [2.75, 3.05) is 0 Å². The molecule has 1 unspecified atom stereocenters. The summed E-state index contributed by atoms with van der Waals surface area (Å²) in [7, 11) is 0. The molecule has 2 heteroatoms. The highest BCUT2D eigenvalue weighted by molar-refractivity contribution is 5.91. The Morgan fingerprint density at radius 1 is 1.12 bits per heavy atom. The van der Waals surface area contributed by atoms with Gasteiger partial charge in [-0.05, 0) is 104 Å². The van der Waals surface area contributed by atoms with E-state index >= 15 is 0 Å². The molecule has 2 nitrogen and oxygen atoms in total. The lowest BCUT2D eigenvalue weighted by Gasteiger charge is -2.58. The summed E-state index contributed by atoms with van der Waals surface area (Å²) < 4.78 is 0. The molecule has 0 N–H and O–H groups in total. The zero-order valence-corrected chi connectivity index (χ0v) is 16.2. The Labute approximate surface area is 157 Å². The SMILES string of the molecule is CCC1(C#N)[C@H]2C[C@H]2[C@H]2[C@@H]3[C@@H]4C[C@@H]4C4=CC(=O)CC[C@@H]4[C@H]3CC[C@@]21CC. The molecule has 10 atom stereocenters. The molecular weight excluding hydrogens is 318 g/mol. The first-order valence-electron chi connectivity index (χ1n) is 11.3. The first kappa shape index (κ1) is 15.9. The highest BCUT2D eigenvalue weighted by Gasteiger charge is 2.78.